The van der Waals surface area contributed by atoms with E-state index in [1.807, 2.05) is 0 Å². The van der Waals surface area contributed by atoms with Gasteiger partial charge in [0.25, 0.3) is 0 Å². The Bertz CT molecular complexity index is 586. The topological polar surface area (TPSA) is 72.6 Å². The number of ether oxygens (including phenoxy) is 1. The summed E-state index contributed by atoms with van der Waals surface area (Å²) in [4.78, 5) is -0.624. The minimum Gasteiger partial charge on any atom is -0.394 e. The van der Waals surface area contributed by atoms with Crippen molar-refractivity contribution in [1.29, 1.82) is 0 Å². The van der Waals surface area contributed by atoms with Crippen molar-refractivity contribution in [3.63, 3.8) is 0 Å². The van der Waals surface area contributed by atoms with Crippen molar-refractivity contribution in [2.24, 2.45) is 0 Å². The third kappa shape index (κ3) is 2.43. The van der Waals surface area contributed by atoms with E-state index in [0.717, 1.165) is 16.4 Å². The molecule has 2 N–H and O–H groups in total. The Labute approximate surface area is 110 Å². The zero-order valence-corrected chi connectivity index (χ0v) is 11.1. The van der Waals surface area contributed by atoms with E-state index in [4.69, 9.17) is 10.5 Å². The van der Waals surface area contributed by atoms with Gasteiger partial charge in [-0.15, -0.1) is 0 Å². The Kier molecular flexibility index (Phi) is 3.75. The minimum absolute atomic E-state index is 0.258. The first-order valence-electron chi connectivity index (χ1n) is 5.65. The van der Waals surface area contributed by atoms with Gasteiger partial charge >= 0.3 is 0 Å². The average Bonchev–Trinajstić information content (AvgIpc) is 2.88. The highest BCUT2D eigenvalue weighted by Gasteiger charge is 2.33. The predicted octanol–water partition coefficient (Wildman–Crippen LogP) is 0.956. The van der Waals surface area contributed by atoms with Gasteiger partial charge in [0.2, 0.25) is 10.0 Å². The number of hydrogen-bond acceptors (Lipinski definition) is 4. The number of nitrogens with two attached hydrogens (primary N) is 1. The van der Waals surface area contributed by atoms with E-state index in [0.29, 0.717) is 13.0 Å². The van der Waals surface area contributed by atoms with Crippen LogP contribution in [0.4, 0.5) is 14.5 Å². The standard InChI is InChI=1S/C11H14F2N2O3S/c1-15(7-4-5-18-6-7)19(16,17)9-3-2-8(12)11(14)10(9)13/h2-3,7H,4-6,14H2,1H3. The second-order valence-corrected chi connectivity index (χ2v) is 6.28. The van der Waals surface area contributed by atoms with Crippen molar-refractivity contribution in [2.75, 3.05) is 26.0 Å². The maximum Gasteiger partial charge on any atom is 0.246 e. The highest BCUT2D eigenvalue weighted by atomic mass is 32.2. The van der Waals surface area contributed by atoms with E-state index in [2.05, 4.69) is 0 Å². The van der Waals surface area contributed by atoms with Gasteiger partial charge in [-0.25, -0.2) is 17.2 Å². The summed E-state index contributed by atoms with van der Waals surface area (Å²) in [5, 5.41) is 0. The van der Waals surface area contributed by atoms with E-state index >= 15 is 0 Å². The normalized spacial score (nSPS) is 20.1. The molecule has 0 saturated carbocycles. The molecule has 19 heavy (non-hydrogen) atoms. The van der Waals surface area contributed by atoms with Crippen LogP contribution >= 0.6 is 0 Å². The molecule has 0 amide bonds. The molecule has 1 aliphatic rings. The summed E-state index contributed by atoms with van der Waals surface area (Å²) >= 11 is 0. The Morgan fingerprint density at radius 2 is 2.11 bits per heavy atom. The lowest BCUT2D eigenvalue weighted by Crippen LogP contribution is -2.37. The SMILES string of the molecule is CN(C1CCOC1)S(=O)(=O)c1ccc(F)c(N)c1F. The molecule has 1 fully saturated rings. The number of rotatable bonds is 3. The van der Waals surface area contributed by atoms with E-state index in [-0.39, 0.29) is 12.6 Å². The number of benzene rings is 1. The van der Waals surface area contributed by atoms with Gasteiger partial charge in [0, 0.05) is 13.7 Å². The maximum atomic E-state index is 13.8. The highest BCUT2D eigenvalue weighted by molar-refractivity contribution is 7.89. The van der Waals surface area contributed by atoms with Gasteiger partial charge in [-0.2, -0.15) is 4.31 Å². The molecule has 8 heteroatoms. The molecule has 1 atom stereocenters. The summed E-state index contributed by atoms with van der Waals surface area (Å²) in [6.45, 7) is 0.715. The summed E-state index contributed by atoms with van der Waals surface area (Å²) in [6.07, 6.45) is 0.536. The average molecular weight is 292 g/mol. The van der Waals surface area contributed by atoms with Gasteiger partial charge in [0.15, 0.2) is 5.82 Å². The molecule has 106 valence electrons. The van der Waals surface area contributed by atoms with Crippen molar-refractivity contribution in [2.45, 2.75) is 17.4 Å². The maximum absolute atomic E-state index is 13.8. The Morgan fingerprint density at radius 1 is 1.42 bits per heavy atom. The first-order valence-corrected chi connectivity index (χ1v) is 7.09. The van der Waals surface area contributed by atoms with E-state index in [1.54, 1.807) is 0 Å². The molecular weight excluding hydrogens is 278 g/mol. The van der Waals surface area contributed by atoms with Crippen LogP contribution in [0, 0.1) is 11.6 Å². The fourth-order valence-electron chi connectivity index (χ4n) is 1.91. The van der Waals surface area contributed by atoms with Crippen molar-refractivity contribution in [3.8, 4) is 0 Å². The zero-order chi connectivity index (χ0) is 14.2. The van der Waals surface area contributed by atoms with Gasteiger partial charge < -0.3 is 10.5 Å². The zero-order valence-electron chi connectivity index (χ0n) is 10.3. The molecule has 0 bridgehead atoms. The molecule has 1 aliphatic heterocycles. The molecule has 1 aromatic carbocycles. The van der Waals surface area contributed by atoms with Crippen molar-refractivity contribution < 1.29 is 21.9 Å². The van der Waals surface area contributed by atoms with Crippen LogP contribution < -0.4 is 5.73 Å². The number of anilines is 1. The largest absolute Gasteiger partial charge is 0.394 e. The van der Waals surface area contributed by atoms with Crippen LogP contribution in [0.1, 0.15) is 6.42 Å². The monoisotopic (exact) mass is 292 g/mol. The van der Waals surface area contributed by atoms with Crippen LogP contribution in [0.2, 0.25) is 0 Å². The van der Waals surface area contributed by atoms with Gasteiger partial charge in [-0.3, -0.25) is 0 Å². The van der Waals surface area contributed by atoms with Crippen molar-refractivity contribution >= 4 is 15.7 Å². The van der Waals surface area contributed by atoms with Crippen LogP contribution in [-0.4, -0.2) is 39.0 Å². The van der Waals surface area contributed by atoms with Crippen LogP contribution in [0.15, 0.2) is 17.0 Å². The number of nitrogen functional groups attached to an aromatic ring is 1. The van der Waals surface area contributed by atoms with Gasteiger partial charge in [0.1, 0.15) is 16.4 Å². The molecule has 2 rings (SSSR count). The molecule has 1 heterocycles. The fraction of sp³-hybridized carbons (Fsp3) is 0.455. The van der Waals surface area contributed by atoms with Gasteiger partial charge in [-0.05, 0) is 18.6 Å². The van der Waals surface area contributed by atoms with Gasteiger partial charge in [-0.1, -0.05) is 0 Å². The first kappa shape index (κ1) is 14.2. The Hall–Kier alpha value is -1.25. The van der Waals surface area contributed by atoms with E-state index < -0.39 is 32.2 Å². The van der Waals surface area contributed by atoms with Crippen LogP contribution in [0.5, 0.6) is 0 Å². The number of sulfonamides is 1. The third-order valence-corrected chi connectivity index (χ3v) is 5.10. The summed E-state index contributed by atoms with van der Waals surface area (Å²) in [6, 6.07) is 1.36. The third-order valence-electron chi connectivity index (χ3n) is 3.17. The number of likely N-dealkylation sites (N-methyl/N-ethyl adjacent to an activating group) is 1. The van der Waals surface area contributed by atoms with E-state index in [1.165, 1.54) is 7.05 Å². The molecule has 1 saturated heterocycles. The minimum atomic E-state index is -4.06. The highest BCUT2D eigenvalue weighted by Crippen LogP contribution is 2.27. The Morgan fingerprint density at radius 3 is 2.68 bits per heavy atom. The molecule has 0 spiro atoms. The number of hydrogen-bond donors (Lipinski definition) is 1. The van der Waals surface area contributed by atoms with Crippen molar-refractivity contribution in [3.05, 3.63) is 23.8 Å². The summed E-state index contributed by atoms with van der Waals surface area (Å²) < 4.78 is 57.5. The van der Waals surface area contributed by atoms with E-state index in [9.17, 15) is 17.2 Å². The smallest absolute Gasteiger partial charge is 0.246 e. The second-order valence-electron chi connectivity index (χ2n) is 4.31. The lowest BCUT2D eigenvalue weighted by molar-refractivity contribution is 0.180. The predicted molar refractivity (Wildman–Crippen MR) is 64.9 cm³/mol. The van der Waals surface area contributed by atoms with Crippen LogP contribution in [0.3, 0.4) is 0 Å². The molecular formula is C11H14F2N2O3S. The summed E-state index contributed by atoms with van der Waals surface area (Å²) in [5.74, 6) is -2.24. The quantitative estimate of drug-likeness (QED) is 0.842. The summed E-state index contributed by atoms with van der Waals surface area (Å²) in [7, 11) is -2.72. The van der Waals surface area contributed by atoms with Crippen molar-refractivity contribution in [1.82, 2.24) is 4.31 Å². The molecule has 0 aromatic heterocycles. The second kappa shape index (κ2) is 5.03. The van der Waals surface area contributed by atoms with Gasteiger partial charge in [0.05, 0.1) is 12.6 Å². The van der Waals surface area contributed by atoms with Crippen LogP contribution in [0.25, 0.3) is 0 Å². The fourth-order valence-corrected chi connectivity index (χ4v) is 3.35. The lowest BCUT2D eigenvalue weighted by Gasteiger charge is -2.23. The number of nitrogens with zero attached hydrogens (tertiary/aromatic N) is 1. The molecule has 1 aromatic rings. The molecule has 0 radical (unpaired) electrons. The molecule has 0 aliphatic carbocycles. The first-order chi connectivity index (χ1) is 8.85. The van der Waals surface area contributed by atoms with Crippen LogP contribution in [-0.2, 0) is 14.8 Å². The molecule has 1 unspecified atom stereocenters. The Balaban J connectivity index is 2.42. The lowest BCUT2D eigenvalue weighted by atomic mass is 10.3. The molecule has 5 nitrogen and oxygen atoms in total. The number of halogens is 2. The summed E-state index contributed by atoms with van der Waals surface area (Å²) in [5.41, 5.74) is 4.38.